The van der Waals surface area contributed by atoms with Crippen molar-refractivity contribution in [3.8, 4) is 0 Å². The number of aliphatic hydroxyl groups is 1. The van der Waals surface area contributed by atoms with Crippen molar-refractivity contribution in [1.29, 1.82) is 0 Å². The molecule has 0 aromatic rings. The van der Waals surface area contributed by atoms with Crippen LogP contribution in [0.5, 0.6) is 0 Å². The van der Waals surface area contributed by atoms with Gasteiger partial charge in [-0.1, -0.05) is 13.8 Å². The summed E-state index contributed by atoms with van der Waals surface area (Å²) in [6.45, 7) is 11.3. The molecule has 4 heteroatoms. The zero-order chi connectivity index (χ0) is 13.9. The second-order valence-electron chi connectivity index (χ2n) is 5.28. The standard InChI is InChI=1S/C14H31NO3/c1-5-17-10-11-18-9-7-6-8-14(4,12-16)15-13(2)3/h13,15-16H,5-12H2,1-4H3. The molecule has 18 heavy (non-hydrogen) atoms. The van der Waals surface area contributed by atoms with Gasteiger partial charge in [-0.3, -0.25) is 0 Å². The van der Waals surface area contributed by atoms with Crippen LogP contribution in [0.25, 0.3) is 0 Å². The summed E-state index contributed by atoms with van der Waals surface area (Å²) >= 11 is 0. The number of unbranched alkanes of at least 4 members (excludes halogenated alkanes) is 1. The van der Waals surface area contributed by atoms with Crippen molar-refractivity contribution < 1.29 is 14.6 Å². The first-order valence-corrected chi connectivity index (χ1v) is 7.08. The van der Waals surface area contributed by atoms with Gasteiger partial charge in [0, 0.05) is 24.8 Å². The van der Waals surface area contributed by atoms with Gasteiger partial charge in [0.1, 0.15) is 0 Å². The van der Waals surface area contributed by atoms with E-state index < -0.39 is 0 Å². The van der Waals surface area contributed by atoms with Crippen molar-refractivity contribution in [3.63, 3.8) is 0 Å². The fourth-order valence-electron chi connectivity index (χ4n) is 1.98. The summed E-state index contributed by atoms with van der Waals surface area (Å²) in [6.07, 6.45) is 3.06. The molecule has 0 saturated carbocycles. The van der Waals surface area contributed by atoms with E-state index in [0.717, 1.165) is 32.5 Å². The number of hydrogen-bond acceptors (Lipinski definition) is 4. The molecule has 0 saturated heterocycles. The maximum Gasteiger partial charge on any atom is 0.0700 e. The Morgan fingerprint density at radius 2 is 1.78 bits per heavy atom. The van der Waals surface area contributed by atoms with Gasteiger partial charge in [0.2, 0.25) is 0 Å². The predicted molar refractivity (Wildman–Crippen MR) is 74.9 cm³/mol. The Labute approximate surface area is 112 Å². The molecule has 0 aromatic heterocycles. The van der Waals surface area contributed by atoms with Gasteiger partial charge in [0.05, 0.1) is 19.8 Å². The number of hydrogen-bond donors (Lipinski definition) is 2. The van der Waals surface area contributed by atoms with Crippen LogP contribution in [0.2, 0.25) is 0 Å². The van der Waals surface area contributed by atoms with E-state index in [-0.39, 0.29) is 12.1 Å². The Morgan fingerprint density at radius 3 is 2.33 bits per heavy atom. The van der Waals surface area contributed by atoms with E-state index in [9.17, 15) is 5.11 Å². The Morgan fingerprint density at radius 1 is 1.11 bits per heavy atom. The van der Waals surface area contributed by atoms with E-state index in [1.165, 1.54) is 0 Å². The third-order valence-corrected chi connectivity index (χ3v) is 2.83. The monoisotopic (exact) mass is 261 g/mol. The fraction of sp³-hybridized carbons (Fsp3) is 1.00. The van der Waals surface area contributed by atoms with Crippen LogP contribution < -0.4 is 5.32 Å². The van der Waals surface area contributed by atoms with Crippen LogP contribution in [0.15, 0.2) is 0 Å². The summed E-state index contributed by atoms with van der Waals surface area (Å²) in [7, 11) is 0. The summed E-state index contributed by atoms with van der Waals surface area (Å²) in [5.41, 5.74) is -0.167. The van der Waals surface area contributed by atoms with E-state index in [4.69, 9.17) is 9.47 Å². The smallest absolute Gasteiger partial charge is 0.0700 e. The molecule has 0 fully saturated rings. The highest BCUT2D eigenvalue weighted by Gasteiger charge is 2.22. The van der Waals surface area contributed by atoms with Crippen LogP contribution in [0.1, 0.15) is 47.0 Å². The van der Waals surface area contributed by atoms with Crippen molar-refractivity contribution in [2.45, 2.75) is 58.5 Å². The van der Waals surface area contributed by atoms with Crippen LogP contribution in [0, 0.1) is 0 Å². The van der Waals surface area contributed by atoms with Gasteiger partial charge >= 0.3 is 0 Å². The molecule has 0 aliphatic carbocycles. The normalized spacial score (nSPS) is 15.0. The molecule has 0 radical (unpaired) electrons. The van der Waals surface area contributed by atoms with Crippen molar-refractivity contribution >= 4 is 0 Å². The topological polar surface area (TPSA) is 50.7 Å². The van der Waals surface area contributed by atoms with Crippen LogP contribution >= 0.6 is 0 Å². The zero-order valence-corrected chi connectivity index (χ0v) is 12.5. The predicted octanol–water partition coefficient (Wildman–Crippen LogP) is 1.96. The Bertz CT molecular complexity index is 188. The second kappa shape index (κ2) is 10.7. The van der Waals surface area contributed by atoms with Crippen molar-refractivity contribution in [2.75, 3.05) is 33.0 Å². The summed E-state index contributed by atoms with van der Waals surface area (Å²) in [6, 6.07) is 0.393. The van der Waals surface area contributed by atoms with Crippen LogP contribution in [0.4, 0.5) is 0 Å². The first-order chi connectivity index (χ1) is 8.54. The number of ether oxygens (including phenoxy) is 2. The van der Waals surface area contributed by atoms with Crippen LogP contribution in [-0.4, -0.2) is 49.7 Å². The zero-order valence-electron chi connectivity index (χ0n) is 12.5. The largest absolute Gasteiger partial charge is 0.394 e. The van der Waals surface area contributed by atoms with Crippen molar-refractivity contribution in [1.82, 2.24) is 5.32 Å². The minimum Gasteiger partial charge on any atom is -0.394 e. The fourth-order valence-corrected chi connectivity index (χ4v) is 1.98. The third-order valence-electron chi connectivity index (χ3n) is 2.83. The molecule has 2 N–H and O–H groups in total. The lowest BCUT2D eigenvalue weighted by atomic mass is 9.95. The average Bonchev–Trinajstić information content (AvgIpc) is 2.32. The SMILES string of the molecule is CCOCCOCCCCC(C)(CO)NC(C)C. The maximum atomic E-state index is 9.42. The average molecular weight is 261 g/mol. The number of nitrogens with one attached hydrogen (secondary N) is 1. The molecule has 0 aliphatic heterocycles. The molecule has 0 aliphatic rings. The Hall–Kier alpha value is -0.160. The minimum absolute atomic E-state index is 0.167. The minimum atomic E-state index is -0.167. The third kappa shape index (κ3) is 9.83. The summed E-state index contributed by atoms with van der Waals surface area (Å²) in [4.78, 5) is 0. The van der Waals surface area contributed by atoms with E-state index in [1.54, 1.807) is 0 Å². The second-order valence-corrected chi connectivity index (χ2v) is 5.28. The molecular weight excluding hydrogens is 230 g/mol. The maximum absolute atomic E-state index is 9.42. The van der Waals surface area contributed by atoms with E-state index in [0.29, 0.717) is 19.3 Å². The quantitative estimate of drug-likeness (QED) is 0.527. The highest BCUT2D eigenvalue weighted by atomic mass is 16.5. The summed E-state index contributed by atoms with van der Waals surface area (Å²) in [5.74, 6) is 0. The highest BCUT2D eigenvalue weighted by molar-refractivity contribution is 4.83. The molecule has 0 rings (SSSR count). The Kier molecular flexibility index (Phi) is 10.6. The van der Waals surface area contributed by atoms with E-state index >= 15 is 0 Å². The number of aliphatic hydroxyl groups excluding tert-OH is 1. The van der Waals surface area contributed by atoms with Gasteiger partial charge in [-0.15, -0.1) is 0 Å². The summed E-state index contributed by atoms with van der Waals surface area (Å²) in [5, 5.41) is 12.8. The molecule has 0 spiro atoms. The first kappa shape index (κ1) is 17.8. The highest BCUT2D eigenvalue weighted by Crippen LogP contribution is 2.14. The van der Waals surface area contributed by atoms with Crippen molar-refractivity contribution in [3.05, 3.63) is 0 Å². The lowest BCUT2D eigenvalue weighted by Gasteiger charge is -2.31. The molecule has 0 heterocycles. The van der Waals surface area contributed by atoms with Gasteiger partial charge < -0.3 is 19.9 Å². The Balaban J connectivity index is 3.50. The van der Waals surface area contributed by atoms with Crippen LogP contribution in [-0.2, 0) is 9.47 Å². The van der Waals surface area contributed by atoms with E-state index in [1.807, 2.05) is 6.92 Å². The van der Waals surface area contributed by atoms with Gasteiger partial charge in [-0.05, 0) is 33.1 Å². The van der Waals surface area contributed by atoms with Gasteiger partial charge in [0.15, 0.2) is 0 Å². The van der Waals surface area contributed by atoms with Gasteiger partial charge in [0.25, 0.3) is 0 Å². The summed E-state index contributed by atoms with van der Waals surface area (Å²) < 4.78 is 10.6. The lowest BCUT2D eigenvalue weighted by molar-refractivity contribution is 0.0501. The van der Waals surface area contributed by atoms with Gasteiger partial charge in [-0.2, -0.15) is 0 Å². The lowest BCUT2D eigenvalue weighted by Crippen LogP contribution is -2.49. The van der Waals surface area contributed by atoms with Gasteiger partial charge in [-0.25, -0.2) is 0 Å². The molecule has 0 bridgehead atoms. The molecule has 1 atom stereocenters. The first-order valence-electron chi connectivity index (χ1n) is 7.08. The molecule has 0 amide bonds. The van der Waals surface area contributed by atoms with Crippen molar-refractivity contribution in [2.24, 2.45) is 0 Å². The molecule has 0 aromatic carbocycles. The number of rotatable bonds is 12. The van der Waals surface area contributed by atoms with E-state index in [2.05, 4.69) is 26.1 Å². The molecular formula is C14H31NO3. The molecule has 4 nitrogen and oxygen atoms in total. The molecule has 1 unspecified atom stereocenters. The molecule has 110 valence electrons. The van der Waals surface area contributed by atoms with Crippen LogP contribution in [0.3, 0.4) is 0 Å².